The van der Waals surface area contributed by atoms with Crippen LogP contribution in [0.2, 0.25) is 0 Å². The van der Waals surface area contributed by atoms with Crippen LogP contribution in [0.25, 0.3) is 0 Å². The fraction of sp³-hybridized carbons (Fsp3) is 0.130. The van der Waals surface area contributed by atoms with E-state index in [1.807, 2.05) is 42.5 Å². The highest BCUT2D eigenvalue weighted by Gasteiger charge is 2.09. The van der Waals surface area contributed by atoms with Gasteiger partial charge >= 0.3 is 0 Å². The highest BCUT2D eigenvalue weighted by molar-refractivity contribution is 6.06. The van der Waals surface area contributed by atoms with Crippen molar-refractivity contribution >= 4 is 23.2 Å². The number of hydrogen-bond acceptors (Lipinski definition) is 2. The lowest BCUT2D eigenvalue weighted by Crippen LogP contribution is -2.14. The quantitative estimate of drug-likeness (QED) is 0.649. The third-order valence-corrected chi connectivity index (χ3v) is 4.25. The van der Waals surface area contributed by atoms with Gasteiger partial charge in [-0.15, -0.1) is 0 Å². The van der Waals surface area contributed by atoms with Gasteiger partial charge in [-0.2, -0.15) is 0 Å². The predicted molar refractivity (Wildman–Crippen MR) is 109 cm³/mol. The van der Waals surface area contributed by atoms with Gasteiger partial charge in [-0.1, -0.05) is 50.2 Å². The molecule has 4 nitrogen and oxygen atoms in total. The van der Waals surface area contributed by atoms with Gasteiger partial charge in [-0.25, -0.2) is 0 Å². The fourth-order valence-electron chi connectivity index (χ4n) is 2.69. The molecular formula is C23H22N2O2. The van der Waals surface area contributed by atoms with Crippen LogP contribution in [0.1, 0.15) is 46.0 Å². The number of hydrogen-bond donors (Lipinski definition) is 2. The standard InChI is InChI=1S/C23H22N2O2/c1-16(2)17-11-13-19(14-12-17)23(27)25-21-10-6-9-20(15-21)24-22(26)18-7-4-3-5-8-18/h3-16H,1-2H3,(H,24,26)(H,25,27). The van der Waals surface area contributed by atoms with E-state index >= 15 is 0 Å². The summed E-state index contributed by atoms with van der Waals surface area (Å²) in [5, 5.41) is 5.71. The minimum atomic E-state index is -0.191. The number of anilines is 2. The van der Waals surface area contributed by atoms with Crippen LogP contribution >= 0.6 is 0 Å². The van der Waals surface area contributed by atoms with Gasteiger partial charge in [0.25, 0.3) is 11.8 Å². The molecule has 3 aromatic carbocycles. The number of rotatable bonds is 5. The van der Waals surface area contributed by atoms with Crippen molar-refractivity contribution < 1.29 is 9.59 Å². The van der Waals surface area contributed by atoms with Crippen molar-refractivity contribution in [1.82, 2.24) is 0 Å². The van der Waals surface area contributed by atoms with Crippen molar-refractivity contribution in [1.29, 1.82) is 0 Å². The second-order valence-electron chi connectivity index (χ2n) is 6.63. The normalized spacial score (nSPS) is 10.5. The molecule has 0 aliphatic carbocycles. The van der Waals surface area contributed by atoms with Gasteiger partial charge < -0.3 is 10.6 Å². The van der Waals surface area contributed by atoms with Crippen molar-refractivity contribution in [2.24, 2.45) is 0 Å². The Labute approximate surface area is 159 Å². The van der Waals surface area contributed by atoms with Crippen LogP contribution in [0.3, 0.4) is 0 Å². The molecule has 0 fully saturated rings. The third-order valence-electron chi connectivity index (χ3n) is 4.25. The maximum Gasteiger partial charge on any atom is 0.255 e. The molecule has 0 atom stereocenters. The van der Waals surface area contributed by atoms with Crippen molar-refractivity contribution in [2.45, 2.75) is 19.8 Å². The van der Waals surface area contributed by atoms with Gasteiger partial charge in [0.1, 0.15) is 0 Å². The van der Waals surface area contributed by atoms with Crippen LogP contribution in [0.15, 0.2) is 78.9 Å². The molecule has 0 radical (unpaired) electrons. The number of nitrogens with one attached hydrogen (secondary N) is 2. The number of carbonyl (C=O) groups is 2. The summed E-state index contributed by atoms with van der Waals surface area (Å²) in [4.78, 5) is 24.7. The average Bonchev–Trinajstić information content (AvgIpc) is 2.69. The first-order chi connectivity index (χ1) is 13.0. The fourth-order valence-corrected chi connectivity index (χ4v) is 2.69. The van der Waals surface area contributed by atoms with E-state index in [0.29, 0.717) is 28.4 Å². The summed E-state index contributed by atoms with van der Waals surface area (Å²) >= 11 is 0. The van der Waals surface area contributed by atoms with Gasteiger partial charge in [0.15, 0.2) is 0 Å². The summed E-state index contributed by atoms with van der Waals surface area (Å²) in [6.07, 6.45) is 0. The smallest absolute Gasteiger partial charge is 0.255 e. The maximum atomic E-state index is 12.5. The Balaban J connectivity index is 1.68. The number of amides is 2. The summed E-state index contributed by atoms with van der Waals surface area (Å²) in [5.41, 5.74) is 3.61. The van der Waals surface area contributed by atoms with E-state index in [1.165, 1.54) is 5.56 Å². The lowest BCUT2D eigenvalue weighted by molar-refractivity contribution is 0.101. The summed E-state index contributed by atoms with van der Waals surface area (Å²) in [6, 6.07) is 23.7. The summed E-state index contributed by atoms with van der Waals surface area (Å²) < 4.78 is 0. The monoisotopic (exact) mass is 358 g/mol. The molecule has 136 valence electrons. The lowest BCUT2D eigenvalue weighted by Gasteiger charge is -2.10. The zero-order valence-electron chi connectivity index (χ0n) is 15.4. The highest BCUT2D eigenvalue weighted by Crippen LogP contribution is 2.18. The van der Waals surface area contributed by atoms with Gasteiger partial charge in [-0.05, 0) is 53.9 Å². The molecule has 27 heavy (non-hydrogen) atoms. The summed E-state index contributed by atoms with van der Waals surface area (Å²) in [5.74, 6) is 0.0483. The Hall–Kier alpha value is -3.40. The van der Waals surface area contributed by atoms with Crippen molar-refractivity contribution in [3.8, 4) is 0 Å². The van der Waals surface area contributed by atoms with Crippen LogP contribution in [-0.4, -0.2) is 11.8 Å². The largest absolute Gasteiger partial charge is 0.322 e. The lowest BCUT2D eigenvalue weighted by atomic mass is 10.0. The SMILES string of the molecule is CC(C)c1ccc(C(=O)Nc2cccc(NC(=O)c3ccccc3)c2)cc1. The van der Waals surface area contributed by atoms with E-state index in [9.17, 15) is 9.59 Å². The maximum absolute atomic E-state index is 12.5. The van der Waals surface area contributed by atoms with E-state index in [-0.39, 0.29) is 11.8 Å². The minimum Gasteiger partial charge on any atom is -0.322 e. The zero-order chi connectivity index (χ0) is 19.2. The average molecular weight is 358 g/mol. The molecule has 0 bridgehead atoms. The Morgan fingerprint density at radius 1 is 0.667 bits per heavy atom. The van der Waals surface area contributed by atoms with Crippen molar-refractivity contribution in [2.75, 3.05) is 10.6 Å². The minimum absolute atomic E-state index is 0.183. The van der Waals surface area contributed by atoms with Gasteiger partial charge in [-0.3, -0.25) is 9.59 Å². The molecule has 0 aromatic heterocycles. The zero-order valence-corrected chi connectivity index (χ0v) is 15.4. The Bertz CT molecular complexity index is 932. The molecule has 2 N–H and O–H groups in total. The predicted octanol–water partition coefficient (Wildman–Crippen LogP) is 5.31. The van der Waals surface area contributed by atoms with E-state index < -0.39 is 0 Å². The summed E-state index contributed by atoms with van der Waals surface area (Å²) in [6.45, 7) is 4.23. The molecule has 2 amide bonds. The van der Waals surface area contributed by atoms with E-state index in [4.69, 9.17) is 0 Å². The van der Waals surface area contributed by atoms with Crippen LogP contribution in [0, 0.1) is 0 Å². The van der Waals surface area contributed by atoms with E-state index in [1.54, 1.807) is 36.4 Å². The van der Waals surface area contributed by atoms with Gasteiger partial charge in [0.2, 0.25) is 0 Å². The Morgan fingerprint density at radius 3 is 1.70 bits per heavy atom. The van der Waals surface area contributed by atoms with Crippen molar-refractivity contribution in [3.63, 3.8) is 0 Å². The van der Waals surface area contributed by atoms with Crippen LogP contribution in [0.4, 0.5) is 11.4 Å². The molecule has 0 saturated heterocycles. The first kappa shape index (κ1) is 18.4. The van der Waals surface area contributed by atoms with E-state index in [2.05, 4.69) is 24.5 Å². The molecule has 0 heterocycles. The molecular weight excluding hydrogens is 336 g/mol. The molecule has 0 aliphatic heterocycles. The topological polar surface area (TPSA) is 58.2 Å². The van der Waals surface area contributed by atoms with Crippen LogP contribution in [-0.2, 0) is 0 Å². The first-order valence-electron chi connectivity index (χ1n) is 8.91. The Morgan fingerprint density at radius 2 is 1.19 bits per heavy atom. The third kappa shape index (κ3) is 4.82. The van der Waals surface area contributed by atoms with Crippen LogP contribution in [0.5, 0.6) is 0 Å². The summed E-state index contributed by atoms with van der Waals surface area (Å²) in [7, 11) is 0. The molecule has 0 unspecified atom stereocenters. The second-order valence-corrected chi connectivity index (χ2v) is 6.63. The number of benzene rings is 3. The Kier molecular flexibility index (Phi) is 5.67. The molecule has 0 saturated carbocycles. The molecule has 0 spiro atoms. The van der Waals surface area contributed by atoms with Crippen molar-refractivity contribution in [3.05, 3.63) is 95.6 Å². The highest BCUT2D eigenvalue weighted by atomic mass is 16.2. The molecule has 3 rings (SSSR count). The molecule has 0 aliphatic rings. The van der Waals surface area contributed by atoms with E-state index in [0.717, 1.165) is 0 Å². The van der Waals surface area contributed by atoms with Crippen LogP contribution < -0.4 is 10.6 Å². The van der Waals surface area contributed by atoms with Gasteiger partial charge in [0.05, 0.1) is 0 Å². The first-order valence-corrected chi connectivity index (χ1v) is 8.91. The van der Waals surface area contributed by atoms with Gasteiger partial charge in [0, 0.05) is 22.5 Å². The molecule has 3 aromatic rings. The molecule has 4 heteroatoms. The second kappa shape index (κ2) is 8.32. The number of carbonyl (C=O) groups excluding carboxylic acids is 2.